The minimum atomic E-state index is -0.505. The SMILES string of the molecule is COC(=O)c1c(SCCCOc2ccccc2C)nc(=O)[nH]c1C. The number of rotatable bonds is 7. The highest BCUT2D eigenvalue weighted by molar-refractivity contribution is 7.99. The van der Waals surface area contributed by atoms with Crippen molar-refractivity contribution in [2.45, 2.75) is 25.3 Å². The van der Waals surface area contributed by atoms with Gasteiger partial charge in [-0.05, 0) is 31.9 Å². The van der Waals surface area contributed by atoms with Crippen molar-refractivity contribution in [1.29, 1.82) is 0 Å². The average Bonchev–Trinajstić information content (AvgIpc) is 2.55. The molecule has 0 radical (unpaired) electrons. The van der Waals surface area contributed by atoms with E-state index >= 15 is 0 Å². The summed E-state index contributed by atoms with van der Waals surface area (Å²) in [5.74, 6) is 1.03. The van der Waals surface area contributed by atoms with Crippen molar-refractivity contribution in [2.24, 2.45) is 0 Å². The summed E-state index contributed by atoms with van der Waals surface area (Å²) in [4.78, 5) is 29.8. The van der Waals surface area contributed by atoms with Crippen molar-refractivity contribution in [3.05, 3.63) is 51.6 Å². The Kier molecular flexibility index (Phi) is 6.43. The van der Waals surface area contributed by atoms with Gasteiger partial charge in [-0.3, -0.25) is 0 Å². The summed E-state index contributed by atoms with van der Waals surface area (Å²) in [7, 11) is 1.30. The number of nitrogens with zero attached hydrogens (tertiary/aromatic N) is 1. The molecule has 7 heteroatoms. The number of esters is 1. The van der Waals surface area contributed by atoms with Gasteiger partial charge in [-0.15, -0.1) is 11.8 Å². The van der Waals surface area contributed by atoms with Crippen molar-refractivity contribution in [1.82, 2.24) is 9.97 Å². The molecule has 0 aliphatic carbocycles. The fourth-order valence-electron chi connectivity index (χ4n) is 2.13. The number of para-hydroxylation sites is 1. The maximum atomic E-state index is 11.9. The number of methoxy groups -OCH3 is 1. The number of ether oxygens (including phenoxy) is 2. The van der Waals surface area contributed by atoms with Crippen LogP contribution in [0.1, 0.15) is 28.0 Å². The molecule has 0 aliphatic rings. The van der Waals surface area contributed by atoms with Gasteiger partial charge in [0, 0.05) is 11.4 Å². The Hall–Kier alpha value is -2.28. The van der Waals surface area contributed by atoms with Gasteiger partial charge in [0.05, 0.1) is 13.7 Å². The van der Waals surface area contributed by atoms with Gasteiger partial charge >= 0.3 is 11.7 Å². The van der Waals surface area contributed by atoms with E-state index < -0.39 is 11.7 Å². The van der Waals surface area contributed by atoms with Gasteiger partial charge in [0.25, 0.3) is 0 Å². The predicted octanol–water partition coefficient (Wildman–Crippen LogP) is 2.73. The molecular weight excluding hydrogens is 328 g/mol. The lowest BCUT2D eigenvalue weighted by Crippen LogP contribution is -2.19. The molecule has 0 spiro atoms. The monoisotopic (exact) mass is 348 g/mol. The van der Waals surface area contributed by atoms with Crippen molar-refractivity contribution < 1.29 is 14.3 Å². The van der Waals surface area contributed by atoms with E-state index in [1.165, 1.54) is 18.9 Å². The number of H-pyrrole nitrogens is 1. The van der Waals surface area contributed by atoms with E-state index in [1.807, 2.05) is 31.2 Å². The third kappa shape index (κ3) is 4.61. The van der Waals surface area contributed by atoms with Gasteiger partial charge in [-0.25, -0.2) is 9.59 Å². The van der Waals surface area contributed by atoms with Crippen LogP contribution < -0.4 is 10.4 Å². The number of carbonyl (C=O) groups excluding carboxylic acids is 1. The average molecular weight is 348 g/mol. The maximum absolute atomic E-state index is 11.9. The van der Waals surface area contributed by atoms with E-state index in [0.717, 1.165) is 17.7 Å². The largest absolute Gasteiger partial charge is 0.493 e. The Labute approximate surface area is 144 Å². The van der Waals surface area contributed by atoms with Crippen LogP contribution in [0.15, 0.2) is 34.1 Å². The fraction of sp³-hybridized carbons (Fsp3) is 0.353. The molecule has 0 fully saturated rings. The molecular formula is C17H20N2O4S. The third-order valence-electron chi connectivity index (χ3n) is 3.35. The summed E-state index contributed by atoms with van der Waals surface area (Å²) in [5.41, 5.74) is 1.38. The number of hydrogen-bond acceptors (Lipinski definition) is 6. The van der Waals surface area contributed by atoms with Crippen LogP contribution in [-0.2, 0) is 4.74 Å². The van der Waals surface area contributed by atoms with Gasteiger partial charge in [0.1, 0.15) is 16.3 Å². The zero-order valence-corrected chi connectivity index (χ0v) is 14.7. The second-order valence-corrected chi connectivity index (χ2v) is 6.24. The van der Waals surface area contributed by atoms with Crippen LogP contribution in [-0.4, -0.2) is 35.4 Å². The molecule has 0 aliphatic heterocycles. The van der Waals surface area contributed by atoms with Crippen LogP contribution in [0.2, 0.25) is 0 Å². The van der Waals surface area contributed by atoms with E-state index in [2.05, 4.69) is 9.97 Å². The Morgan fingerprint density at radius 2 is 2.04 bits per heavy atom. The Balaban J connectivity index is 1.94. The van der Waals surface area contributed by atoms with Crippen LogP contribution in [0.4, 0.5) is 0 Å². The summed E-state index contributed by atoms with van der Waals surface area (Å²) in [6, 6.07) is 7.82. The molecule has 0 atom stereocenters. The highest BCUT2D eigenvalue weighted by Crippen LogP contribution is 2.23. The second-order valence-electron chi connectivity index (χ2n) is 5.15. The molecule has 1 heterocycles. The molecule has 1 N–H and O–H groups in total. The Bertz CT molecular complexity index is 773. The predicted molar refractivity (Wildman–Crippen MR) is 92.9 cm³/mol. The molecule has 0 saturated carbocycles. The lowest BCUT2D eigenvalue weighted by atomic mass is 10.2. The van der Waals surface area contributed by atoms with Crippen LogP contribution >= 0.6 is 11.8 Å². The molecule has 6 nitrogen and oxygen atoms in total. The van der Waals surface area contributed by atoms with Crippen molar-refractivity contribution in [3.8, 4) is 5.75 Å². The smallest absolute Gasteiger partial charge is 0.346 e. The van der Waals surface area contributed by atoms with E-state index in [1.54, 1.807) is 6.92 Å². The van der Waals surface area contributed by atoms with Gasteiger partial charge < -0.3 is 14.5 Å². The first-order chi connectivity index (χ1) is 11.5. The highest BCUT2D eigenvalue weighted by Gasteiger charge is 2.18. The van der Waals surface area contributed by atoms with E-state index in [9.17, 15) is 9.59 Å². The third-order valence-corrected chi connectivity index (χ3v) is 4.42. The molecule has 2 aromatic rings. The van der Waals surface area contributed by atoms with Crippen molar-refractivity contribution >= 4 is 17.7 Å². The molecule has 2 rings (SSSR count). The topological polar surface area (TPSA) is 81.3 Å². The Morgan fingerprint density at radius 1 is 1.29 bits per heavy atom. The molecule has 24 heavy (non-hydrogen) atoms. The molecule has 0 amide bonds. The number of thioether (sulfide) groups is 1. The number of benzene rings is 1. The first kappa shape index (κ1) is 18.1. The second kappa shape index (κ2) is 8.54. The van der Waals surface area contributed by atoms with Crippen LogP contribution in [0.5, 0.6) is 5.75 Å². The lowest BCUT2D eigenvalue weighted by molar-refractivity contribution is 0.0594. The van der Waals surface area contributed by atoms with Gasteiger partial charge in [-0.1, -0.05) is 18.2 Å². The van der Waals surface area contributed by atoms with E-state index in [-0.39, 0.29) is 0 Å². The van der Waals surface area contributed by atoms with Crippen molar-refractivity contribution in [2.75, 3.05) is 19.5 Å². The summed E-state index contributed by atoms with van der Waals surface area (Å²) < 4.78 is 10.5. The van der Waals surface area contributed by atoms with Crippen molar-refractivity contribution in [3.63, 3.8) is 0 Å². The quantitative estimate of drug-likeness (QED) is 0.359. The van der Waals surface area contributed by atoms with Crippen LogP contribution in [0, 0.1) is 13.8 Å². The molecule has 0 saturated heterocycles. The summed E-state index contributed by atoms with van der Waals surface area (Å²) in [5, 5.41) is 0.388. The number of aryl methyl sites for hydroxylation is 2. The zero-order valence-electron chi connectivity index (χ0n) is 13.9. The maximum Gasteiger partial charge on any atom is 0.346 e. The molecule has 0 bridgehead atoms. The summed E-state index contributed by atoms with van der Waals surface area (Å²) >= 11 is 1.35. The van der Waals surface area contributed by atoms with Gasteiger partial charge in [-0.2, -0.15) is 4.98 Å². The number of aromatic amines is 1. The standard InChI is InChI=1S/C17H20N2O4S/c1-11-7-4-5-8-13(11)23-9-6-10-24-15-14(16(20)22-3)12(2)18-17(21)19-15/h4-5,7-8H,6,9-10H2,1-3H3,(H,18,19,21). The number of carbonyl (C=O) groups is 1. The first-order valence-electron chi connectivity index (χ1n) is 7.53. The molecule has 0 unspecified atom stereocenters. The van der Waals surface area contributed by atoms with E-state index in [4.69, 9.17) is 9.47 Å². The minimum Gasteiger partial charge on any atom is -0.493 e. The lowest BCUT2D eigenvalue weighted by Gasteiger charge is -2.10. The number of aromatic nitrogens is 2. The normalized spacial score (nSPS) is 10.5. The van der Waals surface area contributed by atoms with Crippen LogP contribution in [0.25, 0.3) is 0 Å². The Morgan fingerprint density at radius 3 is 2.75 bits per heavy atom. The van der Waals surface area contributed by atoms with Crippen LogP contribution in [0.3, 0.4) is 0 Å². The molecule has 1 aromatic carbocycles. The number of hydrogen-bond donors (Lipinski definition) is 1. The summed E-state index contributed by atoms with van der Waals surface area (Å²) in [6.07, 6.45) is 0.757. The summed E-state index contributed by atoms with van der Waals surface area (Å²) in [6.45, 7) is 4.20. The van der Waals surface area contributed by atoms with E-state index in [0.29, 0.717) is 28.6 Å². The zero-order chi connectivity index (χ0) is 17.5. The highest BCUT2D eigenvalue weighted by atomic mass is 32.2. The first-order valence-corrected chi connectivity index (χ1v) is 8.52. The fourth-order valence-corrected chi connectivity index (χ4v) is 3.12. The number of nitrogens with one attached hydrogen (secondary N) is 1. The molecule has 1 aromatic heterocycles. The minimum absolute atomic E-state index is 0.307. The van der Waals surface area contributed by atoms with Gasteiger partial charge in [0.2, 0.25) is 0 Å². The molecule has 128 valence electrons. The van der Waals surface area contributed by atoms with Gasteiger partial charge in [0.15, 0.2) is 0 Å².